The molecule has 0 fully saturated rings. The molecule has 0 aromatic heterocycles. The van der Waals surface area contributed by atoms with Crippen LogP contribution in [0.1, 0.15) is 35.3 Å². The minimum absolute atomic E-state index is 0.275. The molecule has 2 unspecified atom stereocenters. The van der Waals surface area contributed by atoms with Crippen LogP contribution in [0, 0.1) is 0 Å². The van der Waals surface area contributed by atoms with Crippen LogP contribution in [-0.2, 0) is 17.1 Å². The second-order valence-corrected chi connectivity index (χ2v) is 7.12. The van der Waals surface area contributed by atoms with Crippen molar-refractivity contribution in [2.24, 2.45) is 0 Å². The van der Waals surface area contributed by atoms with E-state index in [0.717, 1.165) is 0 Å². The highest BCUT2D eigenvalue weighted by Crippen LogP contribution is 2.41. The van der Waals surface area contributed by atoms with Crippen molar-refractivity contribution in [3.05, 3.63) is 59.2 Å². The van der Waals surface area contributed by atoms with Crippen molar-refractivity contribution in [3.63, 3.8) is 0 Å². The minimum Gasteiger partial charge on any atom is -0.465 e. The molecule has 0 radical (unpaired) electrons. The van der Waals surface area contributed by atoms with Crippen LogP contribution in [0.3, 0.4) is 0 Å². The van der Waals surface area contributed by atoms with E-state index in [4.69, 9.17) is 9.47 Å². The molecule has 0 aliphatic carbocycles. The first-order valence-corrected chi connectivity index (χ1v) is 9.40. The maximum atomic E-state index is 13.2. The molecule has 0 aliphatic rings. The molecule has 10 heteroatoms. The van der Waals surface area contributed by atoms with Gasteiger partial charge in [-0.1, -0.05) is 18.2 Å². The van der Waals surface area contributed by atoms with E-state index in [2.05, 4.69) is 0 Å². The molecule has 0 heterocycles. The Balaban J connectivity index is 2.31. The largest absolute Gasteiger partial charge is 0.465 e. The van der Waals surface area contributed by atoms with Crippen molar-refractivity contribution in [3.8, 4) is 5.75 Å². The molecule has 2 rings (SSSR count). The lowest BCUT2D eigenvalue weighted by Gasteiger charge is -2.18. The fourth-order valence-corrected chi connectivity index (χ4v) is 3.53. The van der Waals surface area contributed by atoms with Crippen LogP contribution >= 0.6 is 8.58 Å². The molecule has 0 spiro atoms. The van der Waals surface area contributed by atoms with Gasteiger partial charge >= 0.3 is 12.4 Å². The molecular formula is C19H17F6O3P. The highest BCUT2D eigenvalue weighted by atomic mass is 31.1. The molecule has 0 saturated heterocycles. The van der Waals surface area contributed by atoms with E-state index in [9.17, 15) is 31.1 Å². The van der Waals surface area contributed by atoms with E-state index >= 15 is 0 Å². The number of carbonyl (C=O) groups is 1. The average Bonchev–Trinajstić information content (AvgIpc) is 2.61. The maximum absolute atomic E-state index is 13.2. The highest BCUT2D eigenvalue weighted by molar-refractivity contribution is 7.66. The van der Waals surface area contributed by atoms with Gasteiger partial charge in [-0.2, -0.15) is 26.3 Å². The van der Waals surface area contributed by atoms with Crippen LogP contribution in [0.4, 0.5) is 26.3 Å². The van der Waals surface area contributed by atoms with Crippen LogP contribution in [0.15, 0.2) is 42.5 Å². The van der Waals surface area contributed by atoms with Crippen molar-refractivity contribution in [2.45, 2.75) is 32.5 Å². The first-order valence-electron chi connectivity index (χ1n) is 8.40. The first-order chi connectivity index (χ1) is 13.4. The number of carbonyl (C=O) groups excluding carboxylic acids is 1. The van der Waals surface area contributed by atoms with E-state index in [1.165, 1.54) is 24.3 Å². The Bertz CT molecular complexity index is 814. The van der Waals surface area contributed by atoms with E-state index in [1.807, 2.05) is 0 Å². The Morgan fingerprint density at radius 2 is 1.48 bits per heavy atom. The van der Waals surface area contributed by atoms with E-state index in [-0.39, 0.29) is 5.30 Å². The number of hydrogen-bond donors (Lipinski definition) is 0. The van der Waals surface area contributed by atoms with Crippen LogP contribution in [0.2, 0.25) is 0 Å². The second kappa shape index (κ2) is 9.13. The quantitative estimate of drug-likeness (QED) is 0.319. The standard InChI is InChI=1S/C19H17F6O3P/c1-3-27-11(2)28-12-7-9-13(10-8-12)29-17(26)16-14(18(20,21)22)5-4-6-15(16)19(23,24)25/h4-11,29H,3H2,1-2H3. The van der Waals surface area contributed by atoms with Crippen molar-refractivity contribution >= 4 is 19.4 Å². The third kappa shape index (κ3) is 6.18. The summed E-state index contributed by atoms with van der Waals surface area (Å²) in [4.78, 5) is 12.5. The number of ether oxygens (including phenoxy) is 2. The SMILES string of the molecule is CCOC(C)Oc1ccc(PC(=O)c2c(C(F)(F)F)cccc2C(F)(F)F)cc1. The molecule has 2 aromatic rings. The topological polar surface area (TPSA) is 35.5 Å². The van der Waals surface area contributed by atoms with Crippen molar-refractivity contribution in [1.82, 2.24) is 0 Å². The lowest BCUT2D eigenvalue weighted by molar-refractivity contribution is -0.143. The molecule has 0 N–H and O–H groups in total. The summed E-state index contributed by atoms with van der Waals surface area (Å²) in [6.07, 6.45) is -10.7. The van der Waals surface area contributed by atoms with Gasteiger partial charge in [-0.15, -0.1) is 0 Å². The number of hydrogen-bond acceptors (Lipinski definition) is 3. The molecule has 2 aromatic carbocycles. The van der Waals surface area contributed by atoms with Gasteiger partial charge in [-0.25, -0.2) is 0 Å². The summed E-state index contributed by atoms with van der Waals surface area (Å²) in [5.41, 5.74) is -5.82. The van der Waals surface area contributed by atoms with Gasteiger partial charge in [0.05, 0.1) is 11.1 Å². The third-order valence-electron chi connectivity index (χ3n) is 3.72. The normalized spacial score (nSPS) is 13.7. The Morgan fingerprint density at radius 1 is 0.966 bits per heavy atom. The lowest BCUT2D eigenvalue weighted by atomic mass is 10.0. The number of rotatable bonds is 7. The summed E-state index contributed by atoms with van der Waals surface area (Å²) < 4.78 is 89.9. The van der Waals surface area contributed by atoms with E-state index in [1.54, 1.807) is 13.8 Å². The zero-order chi connectivity index (χ0) is 21.8. The predicted molar refractivity (Wildman–Crippen MR) is 96.9 cm³/mol. The summed E-state index contributed by atoms with van der Waals surface area (Å²) in [6, 6.07) is 7.33. The minimum atomic E-state index is -5.09. The number of alkyl halides is 6. The lowest BCUT2D eigenvalue weighted by Crippen LogP contribution is -2.19. The molecule has 0 aliphatic heterocycles. The molecule has 0 amide bonds. The Morgan fingerprint density at radius 3 is 1.93 bits per heavy atom. The van der Waals surface area contributed by atoms with Crippen molar-refractivity contribution < 1.29 is 40.6 Å². The van der Waals surface area contributed by atoms with Gasteiger partial charge in [-0.3, -0.25) is 4.79 Å². The summed E-state index contributed by atoms with van der Waals surface area (Å²) >= 11 is 0. The molecule has 0 saturated carbocycles. The van der Waals surface area contributed by atoms with Crippen LogP contribution in [-0.4, -0.2) is 18.4 Å². The fourth-order valence-electron chi connectivity index (χ4n) is 2.54. The summed E-state index contributed by atoms with van der Waals surface area (Å²) in [5, 5.41) is 0.275. The fraction of sp³-hybridized carbons (Fsp3) is 0.316. The monoisotopic (exact) mass is 438 g/mol. The third-order valence-corrected chi connectivity index (χ3v) is 4.82. The zero-order valence-corrected chi connectivity index (χ0v) is 16.3. The molecule has 3 nitrogen and oxygen atoms in total. The van der Waals surface area contributed by atoms with Gasteiger partial charge in [0, 0.05) is 12.2 Å². The van der Waals surface area contributed by atoms with Crippen molar-refractivity contribution in [1.29, 1.82) is 0 Å². The van der Waals surface area contributed by atoms with Gasteiger partial charge in [0.2, 0.25) is 0 Å². The highest BCUT2D eigenvalue weighted by Gasteiger charge is 2.42. The molecule has 2 atom stereocenters. The summed E-state index contributed by atoms with van der Waals surface area (Å²) in [7, 11) is -0.926. The van der Waals surface area contributed by atoms with E-state index < -0.39 is 49.4 Å². The zero-order valence-electron chi connectivity index (χ0n) is 15.3. The number of halogens is 6. The molecule has 29 heavy (non-hydrogen) atoms. The Hall–Kier alpha value is -2.12. The van der Waals surface area contributed by atoms with Gasteiger partial charge in [-0.05, 0) is 52.0 Å². The van der Waals surface area contributed by atoms with Gasteiger partial charge in [0.15, 0.2) is 11.8 Å². The van der Waals surface area contributed by atoms with Gasteiger partial charge in [0.1, 0.15) is 5.75 Å². The number of benzene rings is 2. The molecule has 0 bridgehead atoms. The summed E-state index contributed by atoms with van der Waals surface area (Å²) in [6.45, 7) is 3.87. The van der Waals surface area contributed by atoms with Crippen molar-refractivity contribution in [2.75, 3.05) is 6.61 Å². The van der Waals surface area contributed by atoms with Crippen LogP contribution < -0.4 is 10.0 Å². The first kappa shape index (κ1) is 23.2. The Labute approximate surface area is 164 Å². The summed E-state index contributed by atoms with van der Waals surface area (Å²) in [5.74, 6) is 0.388. The molecule has 158 valence electrons. The van der Waals surface area contributed by atoms with Crippen LogP contribution in [0.25, 0.3) is 0 Å². The smallest absolute Gasteiger partial charge is 0.417 e. The second-order valence-electron chi connectivity index (χ2n) is 5.84. The Kier molecular flexibility index (Phi) is 7.30. The predicted octanol–water partition coefficient (Wildman–Crippen LogP) is 5.63. The van der Waals surface area contributed by atoms with E-state index in [0.29, 0.717) is 30.6 Å². The van der Waals surface area contributed by atoms with Gasteiger partial charge < -0.3 is 9.47 Å². The molecular weight excluding hydrogens is 421 g/mol. The maximum Gasteiger partial charge on any atom is 0.417 e. The van der Waals surface area contributed by atoms with Crippen LogP contribution in [0.5, 0.6) is 5.75 Å². The average molecular weight is 438 g/mol. The van der Waals surface area contributed by atoms with Gasteiger partial charge in [0.25, 0.3) is 0 Å².